The van der Waals surface area contributed by atoms with Crippen LogP contribution in [0.25, 0.3) is 0 Å². The summed E-state index contributed by atoms with van der Waals surface area (Å²) in [5.74, 6) is 0.120. The number of rotatable bonds is 5. The molecule has 0 aliphatic carbocycles. The third kappa shape index (κ3) is 3.84. The van der Waals surface area contributed by atoms with Gasteiger partial charge in [0.25, 0.3) is 0 Å². The van der Waals surface area contributed by atoms with Crippen LogP contribution in [0.1, 0.15) is 20.3 Å². The molecule has 0 amide bonds. The third-order valence-electron chi connectivity index (χ3n) is 3.51. The summed E-state index contributed by atoms with van der Waals surface area (Å²) in [6, 6.07) is 7.74. The minimum absolute atomic E-state index is 0.0660. The molecule has 5 nitrogen and oxygen atoms in total. The molecule has 1 fully saturated rings. The van der Waals surface area contributed by atoms with Gasteiger partial charge in [0.15, 0.2) is 9.84 Å². The van der Waals surface area contributed by atoms with E-state index < -0.39 is 25.9 Å². The molecule has 0 bridgehead atoms. The van der Waals surface area contributed by atoms with Crippen LogP contribution in [0.2, 0.25) is 0 Å². The van der Waals surface area contributed by atoms with Gasteiger partial charge in [0.05, 0.1) is 16.4 Å². The van der Waals surface area contributed by atoms with Crippen LogP contribution in [0, 0.1) is 5.92 Å². The standard InChI is InChI=1S/C14H21NO4S2/c1-12(2)10-15(13-8-9-20(16,17)11-13)21(18,19)14-6-4-3-5-7-14/h3-7,12-13H,8-11H2,1-2H3/t13-/m1/s1. The molecule has 2 rings (SSSR count). The highest BCUT2D eigenvalue weighted by Crippen LogP contribution is 2.25. The maximum atomic E-state index is 12.8. The Bertz CT molecular complexity index is 681. The lowest BCUT2D eigenvalue weighted by Gasteiger charge is -2.28. The van der Waals surface area contributed by atoms with E-state index in [1.165, 1.54) is 4.31 Å². The van der Waals surface area contributed by atoms with Crippen molar-refractivity contribution in [1.82, 2.24) is 4.31 Å². The van der Waals surface area contributed by atoms with Crippen LogP contribution in [0.4, 0.5) is 0 Å². The number of hydrogen-bond acceptors (Lipinski definition) is 4. The first-order chi connectivity index (χ1) is 9.72. The van der Waals surface area contributed by atoms with Crippen molar-refractivity contribution in [3.8, 4) is 0 Å². The minimum Gasteiger partial charge on any atom is -0.229 e. The highest BCUT2D eigenvalue weighted by atomic mass is 32.2. The summed E-state index contributed by atoms with van der Waals surface area (Å²) in [5.41, 5.74) is 0. The molecule has 1 aliphatic heterocycles. The Hall–Kier alpha value is -0.920. The van der Waals surface area contributed by atoms with Crippen molar-refractivity contribution in [2.45, 2.75) is 31.2 Å². The summed E-state index contributed by atoms with van der Waals surface area (Å²) in [5, 5.41) is 0. The monoisotopic (exact) mass is 331 g/mol. The lowest BCUT2D eigenvalue weighted by Crippen LogP contribution is -2.43. The van der Waals surface area contributed by atoms with Gasteiger partial charge in [-0.1, -0.05) is 32.0 Å². The highest BCUT2D eigenvalue weighted by Gasteiger charge is 2.38. The van der Waals surface area contributed by atoms with Crippen LogP contribution in [0.3, 0.4) is 0 Å². The molecular formula is C14H21NO4S2. The lowest BCUT2D eigenvalue weighted by atomic mass is 10.2. The van der Waals surface area contributed by atoms with Crippen molar-refractivity contribution in [3.63, 3.8) is 0 Å². The maximum Gasteiger partial charge on any atom is 0.243 e. The van der Waals surface area contributed by atoms with Crippen LogP contribution < -0.4 is 0 Å². The molecule has 0 radical (unpaired) electrons. The predicted octanol–water partition coefficient (Wildman–Crippen LogP) is 1.52. The van der Waals surface area contributed by atoms with Crippen molar-refractivity contribution in [1.29, 1.82) is 0 Å². The van der Waals surface area contributed by atoms with E-state index in [0.717, 1.165) is 0 Å². The molecule has 0 N–H and O–H groups in total. The molecule has 0 aromatic heterocycles. The summed E-state index contributed by atoms with van der Waals surface area (Å²) in [4.78, 5) is 0.218. The largest absolute Gasteiger partial charge is 0.243 e. The molecule has 1 aromatic carbocycles. The molecule has 1 atom stereocenters. The number of hydrogen-bond donors (Lipinski definition) is 0. The summed E-state index contributed by atoms with van der Waals surface area (Å²) in [6.45, 7) is 4.19. The van der Waals surface area contributed by atoms with Gasteiger partial charge in [-0.3, -0.25) is 0 Å². The first-order valence-corrected chi connectivity index (χ1v) is 10.3. The van der Waals surface area contributed by atoms with E-state index in [0.29, 0.717) is 13.0 Å². The molecule has 118 valence electrons. The van der Waals surface area contributed by atoms with Gasteiger partial charge in [-0.2, -0.15) is 4.31 Å². The average molecular weight is 331 g/mol. The zero-order valence-electron chi connectivity index (χ0n) is 12.3. The van der Waals surface area contributed by atoms with Gasteiger partial charge in [0.2, 0.25) is 10.0 Å². The molecule has 0 saturated carbocycles. The molecule has 1 saturated heterocycles. The van der Waals surface area contributed by atoms with Crippen molar-refractivity contribution < 1.29 is 16.8 Å². The quantitative estimate of drug-likeness (QED) is 0.820. The van der Waals surface area contributed by atoms with E-state index >= 15 is 0 Å². The summed E-state index contributed by atoms with van der Waals surface area (Å²) >= 11 is 0. The first-order valence-electron chi connectivity index (χ1n) is 7.00. The van der Waals surface area contributed by atoms with Crippen molar-refractivity contribution in [2.24, 2.45) is 5.92 Å². The fourth-order valence-electron chi connectivity index (χ4n) is 2.53. The van der Waals surface area contributed by atoms with E-state index in [1.54, 1.807) is 30.3 Å². The molecule has 0 unspecified atom stereocenters. The van der Waals surface area contributed by atoms with Gasteiger partial charge in [-0.15, -0.1) is 0 Å². The number of sulfonamides is 1. The lowest BCUT2D eigenvalue weighted by molar-refractivity contribution is 0.308. The molecule has 1 heterocycles. The van der Waals surface area contributed by atoms with Crippen molar-refractivity contribution in [3.05, 3.63) is 30.3 Å². The van der Waals surface area contributed by atoms with E-state index in [-0.39, 0.29) is 22.3 Å². The van der Waals surface area contributed by atoms with Gasteiger partial charge in [-0.25, -0.2) is 16.8 Å². The second-order valence-corrected chi connectivity index (χ2v) is 9.96. The van der Waals surface area contributed by atoms with E-state index in [2.05, 4.69) is 0 Å². The Morgan fingerprint density at radius 2 is 1.86 bits per heavy atom. The summed E-state index contributed by atoms with van der Waals surface area (Å²) in [7, 11) is -6.79. The second kappa shape index (κ2) is 6.06. The van der Waals surface area contributed by atoms with E-state index in [9.17, 15) is 16.8 Å². The van der Waals surface area contributed by atoms with Gasteiger partial charge in [0, 0.05) is 12.6 Å². The molecule has 21 heavy (non-hydrogen) atoms. The van der Waals surface area contributed by atoms with Gasteiger partial charge in [-0.05, 0) is 24.5 Å². The van der Waals surface area contributed by atoms with E-state index in [1.807, 2.05) is 13.8 Å². The molecule has 7 heteroatoms. The zero-order valence-corrected chi connectivity index (χ0v) is 13.9. The van der Waals surface area contributed by atoms with Crippen LogP contribution >= 0.6 is 0 Å². The predicted molar refractivity (Wildman–Crippen MR) is 82.2 cm³/mol. The highest BCUT2D eigenvalue weighted by molar-refractivity contribution is 7.92. The number of nitrogens with zero attached hydrogens (tertiary/aromatic N) is 1. The van der Waals surface area contributed by atoms with Crippen molar-refractivity contribution >= 4 is 19.9 Å². The maximum absolute atomic E-state index is 12.8. The topological polar surface area (TPSA) is 71.5 Å². The normalized spacial score (nSPS) is 22.0. The Balaban J connectivity index is 2.37. The SMILES string of the molecule is CC(C)CN([C@@H]1CCS(=O)(=O)C1)S(=O)(=O)c1ccccc1. The fourth-order valence-corrected chi connectivity index (χ4v) is 6.20. The van der Waals surface area contributed by atoms with Crippen LogP contribution in [-0.4, -0.2) is 45.2 Å². The van der Waals surface area contributed by atoms with Crippen molar-refractivity contribution in [2.75, 3.05) is 18.1 Å². The fraction of sp³-hybridized carbons (Fsp3) is 0.571. The second-order valence-electron chi connectivity index (χ2n) is 5.84. The Labute approximate surface area is 126 Å². The molecular weight excluding hydrogens is 310 g/mol. The molecule has 1 aliphatic rings. The summed E-state index contributed by atoms with van der Waals surface area (Å²) < 4.78 is 50.3. The van der Waals surface area contributed by atoms with Crippen LogP contribution in [-0.2, 0) is 19.9 Å². The zero-order chi connectivity index (χ0) is 15.7. The van der Waals surface area contributed by atoms with Crippen LogP contribution in [0.15, 0.2) is 35.2 Å². The first kappa shape index (κ1) is 16.5. The Kier molecular flexibility index (Phi) is 4.75. The number of sulfone groups is 1. The summed E-state index contributed by atoms with van der Waals surface area (Å²) in [6.07, 6.45) is 0.376. The minimum atomic E-state index is -3.66. The molecule has 0 spiro atoms. The number of benzene rings is 1. The Morgan fingerprint density at radius 1 is 1.24 bits per heavy atom. The van der Waals surface area contributed by atoms with Gasteiger partial charge < -0.3 is 0 Å². The average Bonchev–Trinajstić information content (AvgIpc) is 2.76. The Morgan fingerprint density at radius 3 is 2.33 bits per heavy atom. The van der Waals surface area contributed by atoms with Gasteiger partial charge in [0.1, 0.15) is 0 Å². The third-order valence-corrected chi connectivity index (χ3v) is 7.19. The molecule has 1 aromatic rings. The van der Waals surface area contributed by atoms with Gasteiger partial charge >= 0.3 is 0 Å². The van der Waals surface area contributed by atoms with Crippen LogP contribution in [0.5, 0.6) is 0 Å². The van der Waals surface area contributed by atoms with E-state index in [4.69, 9.17) is 0 Å². The smallest absolute Gasteiger partial charge is 0.229 e.